The van der Waals surface area contributed by atoms with Gasteiger partial charge < -0.3 is 10.2 Å². The molecule has 112 valence electrons. The van der Waals surface area contributed by atoms with E-state index in [0.29, 0.717) is 5.92 Å². The second-order valence-corrected chi connectivity index (χ2v) is 6.35. The molecule has 0 spiro atoms. The van der Waals surface area contributed by atoms with Gasteiger partial charge >= 0.3 is 0 Å². The molecule has 0 saturated carbocycles. The molecular weight excluding hydrogens is 248 g/mol. The monoisotopic (exact) mass is 276 g/mol. The summed E-state index contributed by atoms with van der Waals surface area (Å²) in [6.07, 6.45) is 2.03. The zero-order valence-corrected chi connectivity index (χ0v) is 13.5. The molecule has 20 heavy (non-hydrogen) atoms. The summed E-state index contributed by atoms with van der Waals surface area (Å²) in [5, 5.41) is 3.40. The lowest BCUT2D eigenvalue weighted by atomic mass is 10.0. The van der Waals surface area contributed by atoms with Gasteiger partial charge in [0.15, 0.2) is 0 Å². The Balaban J connectivity index is 2.26. The van der Waals surface area contributed by atoms with Crippen molar-refractivity contribution >= 4 is 5.69 Å². The first-order valence-corrected chi connectivity index (χ1v) is 7.84. The number of hydrogen-bond donors (Lipinski definition) is 1. The average molecular weight is 276 g/mol. The van der Waals surface area contributed by atoms with E-state index in [-0.39, 0.29) is 0 Å². The summed E-state index contributed by atoms with van der Waals surface area (Å²) in [5.41, 5.74) is 2.36. The predicted octanol–water partition coefficient (Wildman–Crippen LogP) is 2.80. The molecule has 0 aliphatic carbocycles. The molecule has 2 unspecified atom stereocenters. The van der Waals surface area contributed by atoms with Gasteiger partial charge in [-0.3, -0.25) is 0 Å². The van der Waals surface area contributed by atoms with Crippen LogP contribution in [-0.4, -0.2) is 29.6 Å². The Morgan fingerprint density at radius 2 is 1.95 bits per heavy atom. The molecule has 1 aliphatic rings. The first-order chi connectivity index (χ1) is 9.52. The van der Waals surface area contributed by atoms with Crippen LogP contribution in [0.5, 0.6) is 0 Å². The van der Waals surface area contributed by atoms with Gasteiger partial charge in [-0.05, 0) is 18.4 Å². The molecule has 4 nitrogen and oxygen atoms in total. The second kappa shape index (κ2) is 6.53. The van der Waals surface area contributed by atoms with Gasteiger partial charge in [-0.1, -0.05) is 34.6 Å². The fourth-order valence-corrected chi connectivity index (χ4v) is 2.67. The Kier molecular flexibility index (Phi) is 4.97. The van der Waals surface area contributed by atoms with Gasteiger partial charge in [-0.2, -0.15) is 0 Å². The van der Waals surface area contributed by atoms with Crippen LogP contribution in [0.25, 0.3) is 0 Å². The van der Waals surface area contributed by atoms with Crippen molar-refractivity contribution in [2.45, 2.75) is 47.1 Å². The fourth-order valence-electron chi connectivity index (χ4n) is 2.67. The first-order valence-electron chi connectivity index (χ1n) is 7.84. The molecule has 2 rings (SSSR count). The van der Waals surface area contributed by atoms with Gasteiger partial charge in [0.2, 0.25) is 0 Å². The lowest BCUT2D eigenvalue weighted by molar-refractivity contribution is 0.494. The lowest BCUT2D eigenvalue weighted by Gasteiger charge is -2.22. The third-order valence-corrected chi connectivity index (χ3v) is 4.25. The summed E-state index contributed by atoms with van der Waals surface area (Å²) < 4.78 is 0. The minimum Gasteiger partial charge on any atom is -0.368 e. The van der Waals surface area contributed by atoms with Gasteiger partial charge in [0.25, 0.3) is 0 Å². The summed E-state index contributed by atoms with van der Waals surface area (Å²) >= 11 is 0. The van der Waals surface area contributed by atoms with Crippen LogP contribution < -0.4 is 10.2 Å². The van der Waals surface area contributed by atoms with E-state index in [0.717, 1.165) is 49.5 Å². The maximum atomic E-state index is 4.79. The summed E-state index contributed by atoms with van der Waals surface area (Å²) in [4.78, 5) is 11.8. The van der Waals surface area contributed by atoms with Crippen LogP contribution in [0.1, 0.15) is 52.1 Å². The van der Waals surface area contributed by atoms with E-state index in [1.54, 1.807) is 0 Å². The van der Waals surface area contributed by atoms with E-state index >= 15 is 0 Å². The number of nitrogens with zero attached hydrogens (tertiary/aromatic N) is 3. The molecule has 1 aromatic rings. The zero-order valence-electron chi connectivity index (χ0n) is 13.5. The maximum Gasteiger partial charge on any atom is 0.131 e. The van der Waals surface area contributed by atoms with Gasteiger partial charge in [-0.25, -0.2) is 9.97 Å². The highest BCUT2D eigenvalue weighted by Gasteiger charge is 2.28. The minimum absolute atomic E-state index is 0.376. The third kappa shape index (κ3) is 3.29. The number of rotatable bonds is 5. The molecule has 1 saturated heterocycles. The molecule has 0 aromatic carbocycles. The minimum atomic E-state index is 0.376. The van der Waals surface area contributed by atoms with Crippen LogP contribution in [0.4, 0.5) is 5.69 Å². The van der Waals surface area contributed by atoms with Crippen LogP contribution >= 0.6 is 0 Å². The summed E-state index contributed by atoms with van der Waals surface area (Å²) in [6, 6.07) is 0. The van der Waals surface area contributed by atoms with E-state index < -0.39 is 0 Å². The quantitative estimate of drug-likeness (QED) is 0.898. The highest BCUT2D eigenvalue weighted by atomic mass is 15.2. The average Bonchev–Trinajstić information content (AvgIpc) is 2.75. The van der Waals surface area contributed by atoms with E-state index in [1.807, 2.05) is 6.20 Å². The Morgan fingerprint density at radius 3 is 2.50 bits per heavy atom. The van der Waals surface area contributed by atoms with Crippen molar-refractivity contribution < 1.29 is 0 Å². The van der Waals surface area contributed by atoms with Gasteiger partial charge in [0.1, 0.15) is 5.82 Å². The predicted molar refractivity (Wildman–Crippen MR) is 84.0 cm³/mol. The molecule has 2 atom stereocenters. The van der Waals surface area contributed by atoms with Gasteiger partial charge in [-0.15, -0.1) is 0 Å². The number of aromatic nitrogens is 2. The molecule has 4 heteroatoms. The molecule has 1 aliphatic heterocycles. The van der Waals surface area contributed by atoms with E-state index in [2.05, 4.69) is 49.8 Å². The van der Waals surface area contributed by atoms with Gasteiger partial charge in [0, 0.05) is 25.6 Å². The van der Waals surface area contributed by atoms with Crippen LogP contribution in [0, 0.1) is 11.8 Å². The lowest BCUT2D eigenvalue weighted by Crippen LogP contribution is -2.24. The number of nitrogens with one attached hydrogen (secondary N) is 1. The largest absolute Gasteiger partial charge is 0.368 e. The summed E-state index contributed by atoms with van der Waals surface area (Å²) in [6.45, 7) is 15.1. The Hall–Kier alpha value is -1.16. The van der Waals surface area contributed by atoms with Crippen molar-refractivity contribution in [3.63, 3.8) is 0 Å². The highest BCUT2D eigenvalue weighted by Crippen LogP contribution is 2.29. The van der Waals surface area contributed by atoms with Crippen molar-refractivity contribution in [1.82, 2.24) is 15.3 Å². The van der Waals surface area contributed by atoms with E-state index in [1.165, 1.54) is 5.69 Å². The molecule has 0 bridgehead atoms. The van der Waals surface area contributed by atoms with Crippen molar-refractivity contribution in [2.75, 3.05) is 24.5 Å². The van der Waals surface area contributed by atoms with E-state index in [9.17, 15) is 0 Å². The molecule has 1 N–H and O–H groups in total. The SMILES string of the molecule is CCNCc1nc(C(C)C)ncc1N1CC(C)C(C)C1. The van der Waals surface area contributed by atoms with Crippen LogP contribution in [0.3, 0.4) is 0 Å². The van der Waals surface area contributed by atoms with E-state index in [4.69, 9.17) is 4.98 Å². The molecule has 2 heterocycles. The number of hydrogen-bond acceptors (Lipinski definition) is 4. The van der Waals surface area contributed by atoms with Crippen molar-refractivity contribution in [3.05, 3.63) is 17.7 Å². The smallest absolute Gasteiger partial charge is 0.131 e. The van der Waals surface area contributed by atoms with Crippen LogP contribution in [0.15, 0.2) is 6.20 Å². The summed E-state index contributed by atoms with van der Waals surface area (Å²) in [7, 11) is 0. The Labute approximate surface area is 123 Å². The third-order valence-electron chi connectivity index (χ3n) is 4.25. The molecular formula is C16H28N4. The standard InChI is InChI=1S/C16H28N4/c1-6-17-7-14-15(8-18-16(19-14)11(2)3)20-9-12(4)13(5)10-20/h8,11-13,17H,6-7,9-10H2,1-5H3. The Bertz CT molecular complexity index is 434. The van der Waals surface area contributed by atoms with Crippen LogP contribution in [0.2, 0.25) is 0 Å². The normalized spacial score (nSPS) is 22.8. The van der Waals surface area contributed by atoms with Crippen molar-refractivity contribution in [3.8, 4) is 0 Å². The second-order valence-electron chi connectivity index (χ2n) is 6.35. The first kappa shape index (κ1) is 15.2. The topological polar surface area (TPSA) is 41.1 Å². The molecule has 0 amide bonds. The van der Waals surface area contributed by atoms with Crippen molar-refractivity contribution in [1.29, 1.82) is 0 Å². The molecule has 0 radical (unpaired) electrons. The molecule has 1 aromatic heterocycles. The van der Waals surface area contributed by atoms with Crippen LogP contribution in [-0.2, 0) is 6.54 Å². The molecule has 1 fully saturated rings. The van der Waals surface area contributed by atoms with Crippen molar-refractivity contribution in [2.24, 2.45) is 11.8 Å². The Morgan fingerprint density at radius 1 is 1.30 bits per heavy atom. The van der Waals surface area contributed by atoms with Gasteiger partial charge in [0.05, 0.1) is 17.6 Å². The number of anilines is 1. The summed E-state index contributed by atoms with van der Waals surface area (Å²) in [5.74, 6) is 2.81. The zero-order chi connectivity index (χ0) is 14.7. The maximum absolute atomic E-state index is 4.79. The fraction of sp³-hybridized carbons (Fsp3) is 0.750. The highest BCUT2D eigenvalue weighted by molar-refractivity contribution is 5.50.